The van der Waals surface area contributed by atoms with Crippen molar-refractivity contribution in [2.24, 2.45) is 0 Å². The van der Waals surface area contributed by atoms with Gasteiger partial charge in [0.15, 0.2) is 0 Å². The molecule has 0 saturated carbocycles. The molecule has 3 N–H and O–H groups in total. The number of hydrogen-bond donors (Lipinski definition) is 3. The van der Waals surface area contributed by atoms with Gasteiger partial charge in [0.1, 0.15) is 10.3 Å². The van der Waals surface area contributed by atoms with Crippen molar-refractivity contribution in [3.8, 4) is 10.7 Å². The van der Waals surface area contributed by atoms with Crippen LogP contribution < -0.4 is 15.6 Å². The fraction of sp³-hybridized carbons (Fsp3) is 0.500. The predicted molar refractivity (Wildman–Crippen MR) is 99.7 cm³/mol. The molecule has 1 saturated heterocycles. The lowest BCUT2D eigenvalue weighted by Crippen LogP contribution is -2.45. The van der Waals surface area contributed by atoms with Gasteiger partial charge in [-0.1, -0.05) is 6.07 Å². The number of aromatic nitrogens is 2. The van der Waals surface area contributed by atoms with Crippen LogP contribution in [0.3, 0.4) is 0 Å². The van der Waals surface area contributed by atoms with Gasteiger partial charge < -0.3 is 0 Å². The average Bonchev–Trinajstić information content (AvgIpc) is 3.11. The number of thiazole rings is 1. The standard InChI is InChI=1S/C16H23N5O2S2/c1-10-14(24-16(19-10)13-6-4-5-8-17-13)7-9-18-25(22,23)15-11(2)20-21-12(15)3/h4-6,8,11-12,15,18,20-21H,7,9H2,1-3H3. The van der Waals surface area contributed by atoms with Crippen LogP contribution in [0.4, 0.5) is 0 Å². The van der Waals surface area contributed by atoms with Gasteiger partial charge in [-0.25, -0.2) is 18.1 Å². The molecule has 2 unspecified atom stereocenters. The largest absolute Gasteiger partial charge is 0.254 e. The summed E-state index contributed by atoms with van der Waals surface area (Å²) in [6.07, 6.45) is 2.36. The van der Waals surface area contributed by atoms with Crippen LogP contribution in [0, 0.1) is 6.92 Å². The zero-order valence-electron chi connectivity index (χ0n) is 14.5. The van der Waals surface area contributed by atoms with E-state index < -0.39 is 15.3 Å². The molecule has 2 aromatic heterocycles. The number of nitrogens with zero attached hydrogens (tertiary/aromatic N) is 2. The first-order chi connectivity index (χ1) is 11.9. The normalized spacial score (nSPS) is 23.9. The SMILES string of the molecule is Cc1nc(-c2ccccn2)sc1CCNS(=O)(=O)C1C(C)NNC1C. The Morgan fingerprint density at radius 1 is 1.24 bits per heavy atom. The second-order valence-corrected chi connectivity index (χ2v) is 9.27. The van der Waals surface area contributed by atoms with Gasteiger partial charge in [0.2, 0.25) is 10.0 Å². The Labute approximate surface area is 152 Å². The minimum Gasteiger partial charge on any atom is -0.254 e. The molecule has 2 aromatic rings. The van der Waals surface area contributed by atoms with Crippen molar-refractivity contribution in [1.82, 2.24) is 25.5 Å². The summed E-state index contributed by atoms with van der Waals surface area (Å²) < 4.78 is 27.8. The van der Waals surface area contributed by atoms with E-state index in [0.717, 1.165) is 21.3 Å². The third-order valence-corrected chi connectivity index (χ3v) is 7.69. The zero-order valence-corrected chi connectivity index (χ0v) is 16.1. The maximum atomic E-state index is 12.5. The topological polar surface area (TPSA) is 96.0 Å². The Morgan fingerprint density at radius 2 is 1.96 bits per heavy atom. The van der Waals surface area contributed by atoms with E-state index in [1.165, 1.54) is 0 Å². The highest BCUT2D eigenvalue weighted by Crippen LogP contribution is 2.26. The van der Waals surface area contributed by atoms with Gasteiger partial charge in [0, 0.05) is 29.7 Å². The van der Waals surface area contributed by atoms with Crippen molar-refractivity contribution in [2.75, 3.05) is 6.54 Å². The number of nitrogens with one attached hydrogen (secondary N) is 3. The second-order valence-electron chi connectivity index (χ2n) is 6.26. The van der Waals surface area contributed by atoms with E-state index in [9.17, 15) is 8.42 Å². The number of sulfonamides is 1. The van der Waals surface area contributed by atoms with Gasteiger partial charge in [-0.05, 0) is 39.3 Å². The van der Waals surface area contributed by atoms with E-state index in [-0.39, 0.29) is 12.1 Å². The maximum Gasteiger partial charge on any atom is 0.217 e. The third kappa shape index (κ3) is 4.06. The Kier molecular flexibility index (Phi) is 5.49. The molecule has 1 aliphatic heterocycles. The van der Waals surface area contributed by atoms with E-state index in [0.29, 0.717) is 13.0 Å². The van der Waals surface area contributed by atoms with Crippen LogP contribution in [0.5, 0.6) is 0 Å². The number of rotatable bonds is 6. The average molecular weight is 382 g/mol. The minimum atomic E-state index is -3.39. The van der Waals surface area contributed by atoms with Crippen molar-refractivity contribution in [3.05, 3.63) is 35.0 Å². The molecule has 1 aliphatic rings. The Bertz CT molecular complexity index is 812. The molecule has 25 heavy (non-hydrogen) atoms. The lowest BCUT2D eigenvalue weighted by atomic mass is 10.2. The first-order valence-electron chi connectivity index (χ1n) is 8.25. The molecule has 3 rings (SSSR count). The number of pyridine rings is 1. The summed E-state index contributed by atoms with van der Waals surface area (Å²) in [5.74, 6) is 0. The van der Waals surface area contributed by atoms with Crippen molar-refractivity contribution < 1.29 is 8.42 Å². The van der Waals surface area contributed by atoms with Crippen LogP contribution in [0.2, 0.25) is 0 Å². The van der Waals surface area contributed by atoms with Crippen LogP contribution >= 0.6 is 11.3 Å². The Morgan fingerprint density at radius 3 is 2.60 bits per heavy atom. The molecule has 7 nitrogen and oxygen atoms in total. The molecule has 0 amide bonds. The van der Waals surface area contributed by atoms with Gasteiger partial charge in [0.25, 0.3) is 0 Å². The first-order valence-corrected chi connectivity index (χ1v) is 10.6. The number of aryl methyl sites for hydroxylation is 1. The lowest BCUT2D eigenvalue weighted by Gasteiger charge is -2.18. The molecular weight excluding hydrogens is 358 g/mol. The van der Waals surface area contributed by atoms with Gasteiger partial charge >= 0.3 is 0 Å². The Balaban J connectivity index is 1.64. The van der Waals surface area contributed by atoms with E-state index in [1.54, 1.807) is 17.5 Å². The quantitative estimate of drug-likeness (QED) is 0.696. The Hall–Kier alpha value is -1.39. The summed E-state index contributed by atoms with van der Waals surface area (Å²) >= 11 is 1.56. The molecule has 0 aromatic carbocycles. The monoisotopic (exact) mass is 381 g/mol. The van der Waals surface area contributed by atoms with E-state index in [4.69, 9.17) is 0 Å². The number of hydrazine groups is 1. The summed E-state index contributed by atoms with van der Waals surface area (Å²) in [4.78, 5) is 9.95. The fourth-order valence-electron chi connectivity index (χ4n) is 3.06. The van der Waals surface area contributed by atoms with Crippen molar-refractivity contribution in [2.45, 2.75) is 44.5 Å². The van der Waals surface area contributed by atoms with Gasteiger partial charge in [-0.15, -0.1) is 11.3 Å². The minimum absolute atomic E-state index is 0.131. The van der Waals surface area contributed by atoms with Gasteiger partial charge in [-0.2, -0.15) is 0 Å². The molecule has 0 spiro atoms. The van der Waals surface area contributed by atoms with Crippen LogP contribution in [0.15, 0.2) is 24.4 Å². The molecular formula is C16H23N5O2S2. The maximum absolute atomic E-state index is 12.5. The molecule has 136 valence electrons. The predicted octanol–water partition coefficient (Wildman–Crippen LogP) is 1.23. The van der Waals surface area contributed by atoms with Gasteiger partial charge in [0.05, 0.1) is 11.4 Å². The molecule has 2 atom stereocenters. The molecule has 0 radical (unpaired) electrons. The second kappa shape index (κ2) is 7.46. The summed E-state index contributed by atoms with van der Waals surface area (Å²) in [6.45, 7) is 6.05. The highest BCUT2D eigenvalue weighted by atomic mass is 32.2. The zero-order chi connectivity index (χ0) is 18.0. The lowest BCUT2D eigenvalue weighted by molar-refractivity contribution is 0.545. The van der Waals surface area contributed by atoms with Crippen LogP contribution in [-0.4, -0.2) is 42.3 Å². The van der Waals surface area contributed by atoms with Crippen molar-refractivity contribution >= 4 is 21.4 Å². The summed E-state index contributed by atoms with van der Waals surface area (Å²) in [5, 5.41) is 0.376. The fourth-order valence-corrected chi connectivity index (χ4v) is 5.89. The summed E-state index contributed by atoms with van der Waals surface area (Å²) in [5.41, 5.74) is 7.73. The molecule has 1 fully saturated rings. The first kappa shape index (κ1) is 18.4. The van der Waals surface area contributed by atoms with Crippen molar-refractivity contribution in [1.29, 1.82) is 0 Å². The van der Waals surface area contributed by atoms with Crippen molar-refractivity contribution in [3.63, 3.8) is 0 Å². The highest BCUT2D eigenvalue weighted by Gasteiger charge is 2.39. The molecule has 9 heteroatoms. The van der Waals surface area contributed by atoms with Crippen LogP contribution in [-0.2, 0) is 16.4 Å². The van der Waals surface area contributed by atoms with Crippen LogP contribution in [0.25, 0.3) is 10.7 Å². The van der Waals surface area contributed by atoms with E-state index >= 15 is 0 Å². The summed E-state index contributed by atoms with van der Waals surface area (Å²) in [7, 11) is -3.39. The molecule has 0 aliphatic carbocycles. The van der Waals surface area contributed by atoms with Gasteiger partial charge in [-0.3, -0.25) is 15.8 Å². The summed E-state index contributed by atoms with van der Waals surface area (Å²) in [6, 6.07) is 5.46. The number of hydrogen-bond acceptors (Lipinski definition) is 7. The molecule has 0 bridgehead atoms. The third-order valence-electron chi connectivity index (χ3n) is 4.31. The smallest absolute Gasteiger partial charge is 0.217 e. The van der Waals surface area contributed by atoms with Crippen LogP contribution in [0.1, 0.15) is 24.4 Å². The van der Waals surface area contributed by atoms with E-state index in [1.807, 2.05) is 39.0 Å². The highest BCUT2D eigenvalue weighted by molar-refractivity contribution is 7.90. The van der Waals surface area contributed by atoms with E-state index in [2.05, 4.69) is 25.5 Å². The molecule has 3 heterocycles.